The molecule has 0 aliphatic carbocycles. The van der Waals surface area contributed by atoms with E-state index in [1.54, 1.807) is 6.26 Å². The van der Waals surface area contributed by atoms with Crippen molar-refractivity contribution in [3.63, 3.8) is 0 Å². The molecule has 0 atom stereocenters. The average Bonchev–Trinajstić information content (AvgIpc) is 3.26. The summed E-state index contributed by atoms with van der Waals surface area (Å²) in [4.78, 5) is 14.7. The number of aryl methyl sites for hydroxylation is 1. The molecule has 0 saturated heterocycles. The summed E-state index contributed by atoms with van der Waals surface area (Å²) in [5.41, 5.74) is 4.64. The smallest absolute Gasteiger partial charge is 0.239 e. The first-order chi connectivity index (χ1) is 13.9. The number of aromatic nitrogens is 1. The highest BCUT2D eigenvalue weighted by molar-refractivity contribution is 5.93. The van der Waals surface area contributed by atoms with Crippen molar-refractivity contribution in [2.75, 3.05) is 18.9 Å². The lowest BCUT2D eigenvalue weighted by Crippen LogP contribution is -2.30. The number of rotatable bonds is 7. The lowest BCUT2D eigenvalue weighted by molar-refractivity contribution is -0.117. The maximum atomic E-state index is 12.7. The van der Waals surface area contributed by atoms with Crippen molar-refractivity contribution < 1.29 is 9.21 Å². The SMILES string of the molecule is Cc1ccc(CN(C)CC(=O)Nc2c(C#N)c(C)c(C)n2Cc2ccco2)cc1. The zero-order valence-electron chi connectivity index (χ0n) is 17.3. The van der Waals surface area contributed by atoms with Crippen LogP contribution >= 0.6 is 0 Å². The van der Waals surface area contributed by atoms with Gasteiger partial charge in [-0.3, -0.25) is 9.69 Å². The number of nitrogens with zero attached hydrogens (tertiary/aromatic N) is 3. The average molecular weight is 390 g/mol. The largest absolute Gasteiger partial charge is 0.467 e. The number of hydrogen-bond donors (Lipinski definition) is 1. The summed E-state index contributed by atoms with van der Waals surface area (Å²) in [6, 6.07) is 14.2. The second-order valence-corrected chi connectivity index (χ2v) is 7.42. The number of benzene rings is 1. The third-order valence-electron chi connectivity index (χ3n) is 5.08. The number of carbonyl (C=O) groups is 1. The van der Waals surface area contributed by atoms with Gasteiger partial charge in [0.2, 0.25) is 5.91 Å². The Balaban J connectivity index is 1.74. The number of furan rings is 1. The van der Waals surface area contributed by atoms with Gasteiger partial charge in [-0.05, 0) is 51.1 Å². The number of nitriles is 1. The van der Waals surface area contributed by atoms with Crippen LogP contribution in [0.5, 0.6) is 0 Å². The summed E-state index contributed by atoms with van der Waals surface area (Å²) >= 11 is 0. The molecule has 2 heterocycles. The standard InChI is InChI=1S/C23H26N4O2/c1-16-7-9-19(10-8-16)13-26(4)15-22(28)25-23-21(12-24)17(2)18(3)27(23)14-20-6-5-11-29-20/h5-11H,13-15H2,1-4H3,(H,25,28). The molecule has 0 bridgehead atoms. The van der Waals surface area contributed by atoms with Gasteiger partial charge in [-0.25, -0.2) is 0 Å². The highest BCUT2D eigenvalue weighted by Gasteiger charge is 2.20. The van der Waals surface area contributed by atoms with Gasteiger partial charge in [0, 0.05) is 12.2 Å². The van der Waals surface area contributed by atoms with E-state index in [1.165, 1.54) is 5.56 Å². The van der Waals surface area contributed by atoms with Crippen LogP contribution in [0.1, 0.15) is 33.7 Å². The van der Waals surface area contributed by atoms with Gasteiger partial charge in [-0.2, -0.15) is 5.26 Å². The van der Waals surface area contributed by atoms with E-state index in [4.69, 9.17) is 4.42 Å². The molecule has 0 radical (unpaired) electrons. The van der Waals surface area contributed by atoms with E-state index in [2.05, 4.69) is 42.6 Å². The van der Waals surface area contributed by atoms with Crippen LogP contribution in [0.25, 0.3) is 0 Å². The van der Waals surface area contributed by atoms with E-state index in [-0.39, 0.29) is 12.5 Å². The lowest BCUT2D eigenvalue weighted by atomic mass is 10.1. The highest BCUT2D eigenvalue weighted by atomic mass is 16.3. The zero-order valence-corrected chi connectivity index (χ0v) is 17.3. The quantitative estimate of drug-likeness (QED) is 0.662. The summed E-state index contributed by atoms with van der Waals surface area (Å²) in [6.07, 6.45) is 1.62. The molecule has 1 amide bonds. The van der Waals surface area contributed by atoms with Crippen LogP contribution in [-0.4, -0.2) is 29.0 Å². The van der Waals surface area contributed by atoms with Gasteiger partial charge in [0.05, 0.1) is 24.9 Å². The van der Waals surface area contributed by atoms with Crippen molar-refractivity contribution in [2.24, 2.45) is 0 Å². The molecule has 3 rings (SSSR count). The molecule has 6 nitrogen and oxygen atoms in total. The maximum absolute atomic E-state index is 12.7. The van der Waals surface area contributed by atoms with Crippen molar-refractivity contribution in [1.29, 1.82) is 5.26 Å². The Morgan fingerprint density at radius 2 is 1.93 bits per heavy atom. The summed E-state index contributed by atoms with van der Waals surface area (Å²) < 4.78 is 7.37. The number of nitrogens with one attached hydrogen (secondary N) is 1. The normalized spacial score (nSPS) is 10.9. The Kier molecular flexibility index (Phi) is 6.20. The summed E-state index contributed by atoms with van der Waals surface area (Å²) in [5.74, 6) is 1.13. The molecule has 0 saturated carbocycles. The second kappa shape index (κ2) is 8.80. The van der Waals surface area contributed by atoms with E-state index in [0.29, 0.717) is 24.5 Å². The van der Waals surface area contributed by atoms with Crippen LogP contribution in [0.15, 0.2) is 47.1 Å². The van der Waals surface area contributed by atoms with E-state index in [0.717, 1.165) is 22.6 Å². The van der Waals surface area contributed by atoms with Gasteiger partial charge < -0.3 is 14.3 Å². The minimum Gasteiger partial charge on any atom is -0.467 e. The molecule has 3 aromatic rings. The van der Waals surface area contributed by atoms with Crippen molar-refractivity contribution >= 4 is 11.7 Å². The fourth-order valence-electron chi connectivity index (χ4n) is 3.36. The Morgan fingerprint density at radius 3 is 2.55 bits per heavy atom. The molecule has 0 aliphatic rings. The van der Waals surface area contributed by atoms with Gasteiger partial charge in [-0.15, -0.1) is 0 Å². The molecule has 0 aliphatic heterocycles. The zero-order chi connectivity index (χ0) is 21.0. The molecule has 0 fully saturated rings. The fraction of sp³-hybridized carbons (Fsp3) is 0.304. The van der Waals surface area contributed by atoms with Crippen LogP contribution in [-0.2, 0) is 17.9 Å². The van der Waals surface area contributed by atoms with Crippen LogP contribution in [0, 0.1) is 32.1 Å². The van der Waals surface area contributed by atoms with Crippen LogP contribution < -0.4 is 5.32 Å². The van der Waals surface area contributed by atoms with Crippen molar-refractivity contribution in [1.82, 2.24) is 9.47 Å². The summed E-state index contributed by atoms with van der Waals surface area (Å²) in [5, 5.41) is 12.6. The van der Waals surface area contributed by atoms with Crippen LogP contribution in [0.4, 0.5) is 5.82 Å². The molecule has 1 N–H and O–H groups in total. The van der Waals surface area contributed by atoms with Gasteiger partial charge in [-0.1, -0.05) is 29.8 Å². The van der Waals surface area contributed by atoms with E-state index in [1.807, 2.05) is 42.5 Å². The first-order valence-corrected chi connectivity index (χ1v) is 9.55. The van der Waals surface area contributed by atoms with Gasteiger partial charge in [0.1, 0.15) is 17.6 Å². The summed E-state index contributed by atoms with van der Waals surface area (Å²) in [7, 11) is 1.91. The van der Waals surface area contributed by atoms with Crippen LogP contribution in [0.2, 0.25) is 0 Å². The van der Waals surface area contributed by atoms with Crippen molar-refractivity contribution in [2.45, 2.75) is 33.9 Å². The number of hydrogen-bond acceptors (Lipinski definition) is 4. The topological polar surface area (TPSA) is 74.2 Å². The van der Waals surface area contributed by atoms with E-state index < -0.39 is 0 Å². The van der Waals surface area contributed by atoms with Crippen molar-refractivity contribution in [3.8, 4) is 6.07 Å². The number of amides is 1. The molecule has 0 unspecified atom stereocenters. The minimum absolute atomic E-state index is 0.158. The van der Waals surface area contributed by atoms with E-state index in [9.17, 15) is 10.1 Å². The fourth-order valence-corrected chi connectivity index (χ4v) is 3.36. The molecular weight excluding hydrogens is 364 g/mol. The number of likely N-dealkylation sites (N-methyl/N-ethyl adjacent to an activating group) is 1. The third kappa shape index (κ3) is 4.76. The molecular formula is C23H26N4O2. The minimum atomic E-state index is -0.158. The van der Waals surface area contributed by atoms with Gasteiger partial charge >= 0.3 is 0 Å². The predicted octanol–water partition coefficient (Wildman–Crippen LogP) is 4.00. The first kappa shape index (κ1) is 20.4. The molecule has 29 heavy (non-hydrogen) atoms. The Bertz CT molecular complexity index is 1020. The summed E-state index contributed by atoms with van der Waals surface area (Å²) in [6.45, 7) is 7.24. The lowest BCUT2D eigenvalue weighted by Gasteiger charge is -2.17. The van der Waals surface area contributed by atoms with Crippen molar-refractivity contribution in [3.05, 3.63) is 76.4 Å². The Labute approximate surface area is 171 Å². The predicted molar refractivity (Wildman–Crippen MR) is 113 cm³/mol. The van der Waals surface area contributed by atoms with Gasteiger partial charge in [0.25, 0.3) is 0 Å². The molecule has 2 aromatic heterocycles. The highest BCUT2D eigenvalue weighted by Crippen LogP contribution is 2.27. The van der Waals surface area contributed by atoms with E-state index >= 15 is 0 Å². The van der Waals surface area contributed by atoms with Gasteiger partial charge in [0.15, 0.2) is 0 Å². The van der Waals surface area contributed by atoms with Crippen LogP contribution in [0.3, 0.4) is 0 Å². The maximum Gasteiger partial charge on any atom is 0.239 e. The molecule has 150 valence electrons. The molecule has 1 aromatic carbocycles. The number of carbonyl (C=O) groups excluding carboxylic acids is 1. The number of anilines is 1. The third-order valence-corrected chi connectivity index (χ3v) is 5.08. The Morgan fingerprint density at radius 1 is 1.21 bits per heavy atom. The molecule has 0 spiro atoms. The first-order valence-electron chi connectivity index (χ1n) is 9.55. The molecule has 6 heteroatoms. The monoisotopic (exact) mass is 390 g/mol. The second-order valence-electron chi connectivity index (χ2n) is 7.42. The Hall–Kier alpha value is -3.30.